The van der Waals surface area contributed by atoms with E-state index in [4.69, 9.17) is 4.74 Å². The van der Waals surface area contributed by atoms with Gasteiger partial charge < -0.3 is 4.74 Å². The Morgan fingerprint density at radius 1 is 0.944 bits per heavy atom. The maximum Gasteiger partial charge on any atom is 0.127 e. The molecule has 2 rings (SSSR count). The first kappa shape index (κ1) is 12.4. The molecule has 0 saturated carbocycles. The minimum absolute atomic E-state index is 0.842. The largest absolute Gasteiger partial charge is 0.457 e. The second-order valence-corrected chi connectivity index (χ2v) is 4.02. The molecule has 18 heavy (non-hydrogen) atoms. The van der Waals surface area contributed by atoms with Gasteiger partial charge in [0.2, 0.25) is 0 Å². The van der Waals surface area contributed by atoms with E-state index in [1.165, 1.54) is 0 Å². The summed E-state index contributed by atoms with van der Waals surface area (Å²) in [5, 5.41) is 0. The number of benzene rings is 2. The van der Waals surface area contributed by atoms with E-state index in [9.17, 15) is 0 Å². The maximum absolute atomic E-state index is 5.71. The summed E-state index contributed by atoms with van der Waals surface area (Å²) in [5.74, 6) is 1.69. The summed E-state index contributed by atoms with van der Waals surface area (Å²) in [6.07, 6.45) is 2.97. The normalized spacial score (nSPS) is 10.7. The summed E-state index contributed by atoms with van der Waals surface area (Å²) >= 11 is 0. The Bertz CT molecular complexity index is 488. The lowest BCUT2D eigenvalue weighted by atomic mass is 10.2. The summed E-state index contributed by atoms with van der Waals surface area (Å²) in [6.45, 7) is 3.00. The number of rotatable bonds is 5. The number of aliphatic imine (C=N–C) groups is 1. The summed E-state index contributed by atoms with van der Waals surface area (Å²) in [7, 11) is 0. The third kappa shape index (κ3) is 3.74. The van der Waals surface area contributed by atoms with E-state index in [2.05, 4.69) is 11.9 Å². The molecule has 0 spiro atoms. The van der Waals surface area contributed by atoms with Gasteiger partial charge in [-0.2, -0.15) is 0 Å². The Kier molecular flexibility index (Phi) is 4.53. The molecule has 2 aromatic rings. The van der Waals surface area contributed by atoms with Gasteiger partial charge in [-0.15, -0.1) is 0 Å². The smallest absolute Gasteiger partial charge is 0.127 e. The van der Waals surface area contributed by atoms with Crippen molar-refractivity contribution < 1.29 is 4.74 Å². The quantitative estimate of drug-likeness (QED) is 0.712. The van der Waals surface area contributed by atoms with Crippen molar-refractivity contribution in [2.75, 3.05) is 6.54 Å². The van der Waals surface area contributed by atoms with Crippen molar-refractivity contribution in [3.63, 3.8) is 0 Å². The molecule has 2 heteroatoms. The molecule has 0 fully saturated rings. The van der Waals surface area contributed by atoms with Gasteiger partial charge in [0.15, 0.2) is 0 Å². The average Bonchev–Trinajstić information content (AvgIpc) is 2.42. The zero-order valence-electron chi connectivity index (χ0n) is 10.5. The molecule has 0 aliphatic rings. The van der Waals surface area contributed by atoms with E-state index in [1.807, 2.05) is 60.8 Å². The highest BCUT2D eigenvalue weighted by Gasteiger charge is 1.95. The van der Waals surface area contributed by atoms with Crippen LogP contribution >= 0.6 is 0 Å². The van der Waals surface area contributed by atoms with Crippen LogP contribution in [0.4, 0.5) is 0 Å². The average molecular weight is 239 g/mol. The van der Waals surface area contributed by atoms with Crippen LogP contribution in [0.25, 0.3) is 0 Å². The number of hydrogen-bond donors (Lipinski definition) is 0. The molecule has 0 radical (unpaired) electrons. The van der Waals surface area contributed by atoms with Gasteiger partial charge in [0, 0.05) is 12.8 Å². The molecule has 0 amide bonds. The van der Waals surface area contributed by atoms with Gasteiger partial charge in [-0.05, 0) is 48.4 Å². The van der Waals surface area contributed by atoms with Crippen molar-refractivity contribution in [1.82, 2.24) is 0 Å². The highest BCUT2D eigenvalue weighted by Crippen LogP contribution is 2.20. The van der Waals surface area contributed by atoms with Crippen LogP contribution in [0.3, 0.4) is 0 Å². The SMILES string of the molecule is CCCN=Cc1ccc(Oc2ccccc2)cc1. The molecule has 0 atom stereocenters. The Labute approximate surface area is 108 Å². The molecule has 0 unspecified atom stereocenters. The van der Waals surface area contributed by atoms with Gasteiger partial charge in [0.1, 0.15) is 11.5 Å². The topological polar surface area (TPSA) is 21.6 Å². The van der Waals surface area contributed by atoms with Crippen molar-refractivity contribution in [1.29, 1.82) is 0 Å². The Morgan fingerprint density at radius 3 is 2.28 bits per heavy atom. The second kappa shape index (κ2) is 6.60. The van der Waals surface area contributed by atoms with Gasteiger partial charge in [-0.25, -0.2) is 0 Å². The predicted octanol–water partition coefficient (Wildman–Crippen LogP) is 4.31. The molecule has 0 bridgehead atoms. The third-order valence-corrected chi connectivity index (χ3v) is 2.45. The molecular formula is C16H17NO. The van der Waals surface area contributed by atoms with Crippen molar-refractivity contribution in [3.05, 3.63) is 60.2 Å². The molecule has 92 valence electrons. The first-order valence-electron chi connectivity index (χ1n) is 6.21. The van der Waals surface area contributed by atoms with Crippen LogP contribution in [0.15, 0.2) is 59.6 Å². The predicted molar refractivity (Wildman–Crippen MR) is 75.7 cm³/mol. The lowest BCUT2D eigenvalue weighted by Gasteiger charge is -2.05. The third-order valence-electron chi connectivity index (χ3n) is 2.45. The van der Waals surface area contributed by atoms with E-state index in [1.54, 1.807) is 0 Å². The molecule has 0 aliphatic heterocycles. The lowest BCUT2D eigenvalue weighted by molar-refractivity contribution is 0.482. The Morgan fingerprint density at radius 2 is 1.61 bits per heavy atom. The summed E-state index contributed by atoms with van der Waals surface area (Å²) in [6, 6.07) is 17.7. The van der Waals surface area contributed by atoms with Gasteiger partial charge in [0.05, 0.1) is 0 Å². The summed E-state index contributed by atoms with van der Waals surface area (Å²) in [5.41, 5.74) is 1.10. The summed E-state index contributed by atoms with van der Waals surface area (Å²) < 4.78 is 5.71. The summed E-state index contributed by atoms with van der Waals surface area (Å²) in [4.78, 5) is 4.31. The van der Waals surface area contributed by atoms with E-state index in [-0.39, 0.29) is 0 Å². The van der Waals surface area contributed by atoms with E-state index >= 15 is 0 Å². The van der Waals surface area contributed by atoms with Crippen molar-refractivity contribution >= 4 is 6.21 Å². The van der Waals surface area contributed by atoms with Crippen LogP contribution in [0.1, 0.15) is 18.9 Å². The van der Waals surface area contributed by atoms with E-state index in [0.29, 0.717) is 0 Å². The molecule has 2 nitrogen and oxygen atoms in total. The standard InChI is InChI=1S/C16H17NO/c1-2-12-17-13-14-8-10-16(11-9-14)18-15-6-4-3-5-7-15/h3-11,13H,2,12H2,1H3. The lowest BCUT2D eigenvalue weighted by Crippen LogP contribution is -1.86. The first-order chi connectivity index (χ1) is 8.88. The molecular weight excluding hydrogens is 222 g/mol. The van der Waals surface area contributed by atoms with Crippen LogP contribution in [0.2, 0.25) is 0 Å². The maximum atomic E-state index is 5.71. The Balaban J connectivity index is 2.00. The van der Waals surface area contributed by atoms with Crippen molar-refractivity contribution in [2.24, 2.45) is 4.99 Å². The fourth-order valence-corrected chi connectivity index (χ4v) is 1.55. The van der Waals surface area contributed by atoms with Gasteiger partial charge in [-0.1, -0.05) is 25.1 Å². The highest BCUT2D eigenvalue weighted by molar-refractivity contribution is 5.79. The molecule has 0 N–H and O–H groups in total. The fourth-order valence-electron chi connectivity index (χ4n) is 1.55. The fraction of sp³-hybridized carbons (Fsp3) is 0.188. The number of nitrogens with zero attached hydrogens (tertiary/aromatic N) is 1. The number of para-hydroxylation sites is 1. The highest BCUT2D eigenvalue weighted by atomic mass is 16.5. The molecule has 0 aromatic heterocycles. The number of hydrogen-bond acceptors (Lipinski definition) is 2. The van der Waals surface area contributed by atoms with Gasteiger partial charge >= 0.3 is 0 Å². The zero-order valence-corrected chi connectivity index (χ0v) is 10.5. The minimum atomic E-state index is 0.842. The van der Waals surface area contributed by atoms with Crippen LogP contribution in [0.5, 0.6) is 11.5 Å². The van der Waals surface area contributed by atoms with Crippen LogP contribution in [0, 0.1) is 0 Å². The van der Waals surface area contributed by atoms with Gasteiger partial charge in [-0.3, -0.25) is 4.99 Å². The van der Waals surface area contributed by atoms with Crippen molar-refractivity contribution in [2.45, 2.75) is 13.3 Å². The van der Waals surface area contributed by atoms with Crippen LogP contribution < -0.4 is 4.74 Å². The van der Waals surface area contributed by atoms with Gasteiger partial charge in [0.25, 0.3) is 0 Å². The van der Waals surface area contributed by atoms with E-state index < -0.39 is 0 Å². The molecule has 0 aliphatic carbocycles. The Hall–Kier alpha value is -2.09. The van der Waals surface area contributed by atoms with E-state index in [0.717, 1.165) is 30.0 Å². The number of ether oxygens (including phenoxy) is 1. The molecule has 0 saturated heterocycles. The molecule has 2 aromatic carbocycles. The zero-order chi connectivity index (χ0) is 12.6. The van der Waals surface area contributed by atoms with Crippen LogP contribution in [-0.4, -0.2) is 12.8 Å². The monoisotopic (exact) mass is 239 g/mol. The molecule has 0 heterocycles. The van der Waals surface area contributed by atoms with Crippen LogP contribution in [-0.2, 0) is 0 Å². The minimum Gasteiger partial charge on any atom is -0.457 e. The first-order valence-corrected chi connectivity index (χ1v) is 6.21. The second-order valence-electron chi connectivity index (χ2n) is 4.02. The van der Waals surface area contributed by atoms with Crippen molar-refractivity contribution in [3.8, 4) is 11.5 Å².